The van der Waals surface area contributed by atoms with Gasteiger partial charge in [0.25, 0.3) is 0 Å². The van der Waals surface area contributed by atoms with E-state index < -0.39 is 5.97 Å². The van der Waals surface area contributed by atoms with E-state index in [0.29, 0.717) is 11.3 Å². The molecule has 0 aromatic heterocycles. The Morgan fingerprint density at radius 2 is 1.71 bits per heavy atom. The highest BCUT2D eigenvalue weighted by Crippen LogP contribution is 2.22. The van der Waals surface area contributed by atoms with E-state index in [1.165, 1.54) is 0 Å². The van der Waals surface area contributed by atoms with Gasteiger partial charge in [0.05, 0.1) is 11.3 Å². The third kappa shape index (κ3) is 3.97. The maximum Gasteiger partial charge on any atom is 0.338 e. The molecule has 21 heavy (non-hydrogen) atoms. The Bertz CT molecular complexity index is 514. The normalized spacial score (nSPS) is 11.0. The van der Waals surface area contributed by atoms with Crippen LogP contribution >= 0.6 is 0 Å². The first kappa shape index (κ1) is 17.0. The number of carboxylic acids is 1. The molecule has 0 saturated heterocycles. The number of nitrogens with one attached hydrogen (secondary N) is 2. The van der Waals surface area contributed by atoms with E-state index in [0.717, 1.165) is 19.3 Å². The smallest absolute Gasteiger partial charge is 0.338 e. The Morgan fingerprint density at radius 1 is 1.14 bits per heavy atom. The van der Waals surface area contributed by atoms with Gasteiger partial charge in [0.15, 0.2) is 0 Å². The van der Waals surface area contributed by atoms with Crippen molar-refractivity contribution in [1.29, 1.82) is 0 Å². The summed E-state index contributed by atoms with van der Waals surface area (Å²) >= 11 is 0. The van der Waals surface area contributed by atoms with E-state index in [9.17, 15) is 14.7 Å². The molecule has 0 aliphatic rings. The first-order valence-electron chi connectivity index (χ1n) is 7.31. The van der Waals surface area contributed by atoms with E-state index in [2.05, 4.69) is 10.6 Å². The SMILES string of the molecule is CCC(CC)(CC)NC(=O)Nc1cccc(C)c1C(=O)O. The molecular formula is C16H24N2O3. The Labute approximate surface area is 125 Å². The summed E-state index contributed by atoms with van der Waals surface area (Å²) in [5, 5.41) is 14.9. The third-order valence-electron chi connectivity index (χ3n) is 4.14. The van der Waals surface area contributed by atoms with Crippen LogP contribution in [0, 0.1) is 6.92 Å². The zero-order chi connectivity index (χ0) is 16.0. The van der Waals surface area contributed by atoms with Crippen molar-refractivity contribution in [1.82, 2.24) is 5.32 Å². The molecule has 0 radical (unpaired) electrons. The number of benzene rings is 1. The molecule has 0 unspecified atom stereocenters. The van der Waals surface area contributed by atoms with Gasteiger partial charge in [-0.25, -0.2) is 9.59 Å². The number of carbonyl (C=O) groups excluding carboxylic acids is 1. The number of hydrogen-bond donors (Lipinski definition) is 3. The van der Waals surface area contributed by atoms with Crippen LogP contribution in [0.4, 0.5) is 10.5 Å². The van der Waals surface area contributed by atoms with Gasteiger partial charge in [0, 0.05) is 5.54 Å². The Morgan fingerprint density at radius 3 is 2.19 bits per heavy atom. The Balaban J connectivity index is 2.94. The van der Waals surface area contributed by atoms with Gasteiger partial charge in [-0.05, 0) is 37.8 Å². The summed E-state index contributed by atoms with van der Waals surface area (Å²) in [6, 6.07) is 4.67. The Hall–Kier alpha value is -2.04. The average Bonchev–Trinajstić information content (AvgIpc) is 2.44. The van der Waals surface area contributed by atoms with Crippen LogP contribution in [0.15, 0.2) is 18.2 Å². The van der Waals surface area contributed by atoms with Crippen molar-refractivity contribution in [2.75, 3.05) is 5.32 Å². The maximum absolute atomic E-state index is 12.2. The molecule has 0 fully saturated rings. The summed E-state index contributed by atoms with van der Waals surface area (Å²) in [5.41, 5.74) is 0.810. The molecule has 3 N–H and O–H groups in total. The highest BCUT2D eigenvalue weighted by Gasteiger charge is 2.26. The van der Waals surface area contributed by atoms with Crippen LogP contribution in [0.3, 0.4) is 0 Å². The predicted octanol–water partition coefficient (Wildman–Crippen LogP) is 3.78. The standard InChI is InChI=1S/C16H24N2O3/c1-5-16(6-2,7-3)18-15(21)17-12-10-8-9-11(4)13(12)14(19)20/h8-10H,5-7H2,1-4H3,(H,19,20)(H2,17,18,21). The van der Waals surface area contributed by atoms with Crippen LogP contribution in [0.1, 0.15) is 56.0 Å². The first-order chi connectivity index (χ1) is 9.89. The molecule has 0 aliphatic carbocycles. The molecule has 2 amide bonds. The zero-order valence-electron chi connectivity index (χ0n) is 13.1. The van der Waals surface area contributed by atoms with Crippen molar-refractivity contribution in [2.24, 2.45) is 0 Å². The molecule has 0 saturated carbocycles. The van der Waals surface area contributed by atoms with E-state index in [1.807, 2.05) is 20.8 Å². The fourth-order valence-corrected chi connectivity index (χ4v) is 2.47. The second-order valence-electron chi connectivity index (χ2n) is 5.22. The number of aryl methyl sites for hydroxylation is 1. The lowest BCUT2D eigenvalue weighted by molar-refractivity contribution is 0.0697. The molecule has 1 aromatic rings. The number of carbonyl (C=O) groups is 2. The second-order valence-corrected chi connectivity index (χ2v) is 5.22. The second kappa shape index (κ2) is 7.11. The zero-order valence-corrected chi connectivity index (χ0v) is 13.1. The molecule has 0 heterocycles. The summed E-state index contributed by atoms with van der Waals surface area (Å²) in [6.45, 7) is 7.80. The van der Waals surface area contributed by atoms with Gasteiger partial charge in [-0.1, -0.05) is 32.9 Å². The summed E-state index contributed by atoms with van der Waals surface area (Å²) in [4.78, 5) is 23.5. The summed E-state index contributed by atoms with van der Waals surface area (Å²) < 4.78 is 0. The summed E-state index contributed by atoms with van der Waals surface area (Å²) in [7, 11) is 0. The largest absolute Gasteiger partial charge is 0.478 e. The van der Waals surface area contributed by atoms with Crippen LogP contribution in [0.5, 0.6) is 0 Å². The highest BCUT2D eigenvalue weighted by atomic mass is 16.4. The highest BCUT2D eigenvalue weighted by molar-refractivity contribution is 6.01. The third-order valence-corrected chi connectivity index (χ3v) is 4.14. The molecule has 0 atom stereocenters. The lowest BCUT2D eigenvalue weighted by Gasteiger charge is -2.31. The van der Waals surface area contributed by atoms with Gasteiger partial charge in [0.1, 0.15) is 0 Å². The van der Waals surface area contributed by atoms with Crippen molar-refractivity contribution in [3.63, 3.8) is 0 Å². The number of urea groups is 1. The fourth-order valence-electron chi connectivity index (χ4n) is 2.47. The van der Waals surface area contributed by atoms with Crippen molar-refractivity contribution >= 4 is 17.7 Å². The number of aromatic carboxylic acids is 1. The monoisotopic (exact) mass is 292 g/mol. The molecule has 0 spiro atoms. The topological polar surface area (TPSA) is 78.4 Å². The molecule has 1 aromatic carbocycles. The van der Waals surface area contributed by atoms with E-state index in [1.54, 1.807) is 25.1 Å². The van der Waals surface area contributed by atoms with E-state index in [4.69, 9.17) is 0 Å². The molecule has 1 rings (SSSR count). The van der Waals surface area contributed by atoms with Crippen LogP contribution in [-0.2, 0) is 0 Å². The van der Waals surface area contributed by atoms with E-state index >= 15 is 0 Å². The van der Waals surface area contributed by atoms with Crippen LogP contribution < -0.4 is 10.6 Å². The van der Waals surface area contributed by atoms with Gasteiger partial charge in [-0.2, -0.15) is 0 Å². The molecule has 0 bridgehead atoms. The van der Waals surface area contributed by atoms with Gasteiger partial charge in [-0.15, -0.1) is 0 Å². The lowest BCUT2D eigenvalue weighted by atomic mass is 9.90. The van der Waals surface area contributed by atoms with E-state index in [-0.39, 0.29) is 17.1 Å². The summed E-state index contributed by atoms with van der Waals surface area (Å²) in [6.07, 6.45) is 2.48. The number of anilines is 1. The van der Waals surface area contributed by atoms with Crippen molar-refractivity contribution < 1.29 is 14.7 Å². The molecule has 0 aliphatic heterocycles. The summed E-state index contributed by atoms with van der Waals surface area (Å²) in [5.74, 6) is -1.05. The van der Waals surface area contributed by atoms with Gasteiger partial charge < -0.3 is 15.7 Å². The Kier molecular flexibility index (Phi) is 5.76. The van der Waals surface area contributed by atoms with Gasteiger partial charge in [0.2, 0.25) is 0 Å². The number of hydrogen-bond acceptors (Lipinski definition) is 2. The van der Waals surface area contributed by atoms with Gasteiger partial charge in [-0.3, -0.25) is 0 Å². The number of rotatable bonds is 6. The maximum atomic E-state index is 12.2. The molecule has 5 heteroatoms. The average molecular weight is 292 g/mol. The minimum atomic E-state index is -1.05. The molecular weight excluding hydrogens is 268 g/mol. The molecule has 5 nitrogen and oxygen atoms in total. The quantitative estimate of drug-likeness (QED) is 0.746. The van der Waals surface area contributed by atoms with Crippen molar-refractivity contribution in [3.05, 3.63) is 29.3 Å². The number of amides is 2. The minimum Gasteiger partial charge on any atom is -0.478 e. The minimum absolute atomic E-state index is 0.128. The van der Waals surface area contributed by atoms with Crippen LogP contribution in [0.2, 0.25) is 0 Å². The molecule has 116 valence electrons. The van der Waals surface area contributed by atoms with Crippen LogP contribution in [0.25, 0.3) is 0 Å². The van der Waals surface area contributed by atoms with Crippen molar-refractivity contribution in [3.8, 4) is 0 Å². The van der Waals surface area contributed by atoms with Gasteiger partial charge >= 0.3 is 12.0 Å². The van der Waals surface area contributed by atoms with Crippen LogP contribution in [-0.4, -0.2) is 22.6 Å². The lowest BCUT2D eigenvalue weighted by Crippen LogP contribution is -2.49. The fraction of sp³-hybridized carbons (Fsp3) is 0.500. The number of carboxylic acid groups (broad SMARTS) is 1. The van der Waals surface area contributed by atoms with Crippen molar-refractivity contribution in [2.45, 2.75) is 52.5 Å². The first-order valence-corrected chi connectivity index (χ1v) is 7.31. The predicted molar refractivity (Wildman–Crippen MR) is 83.9 cm³/mol.